The van der Waals surface area contributed by atoms with Gasteiger partial charge in [0, 0.05) is 0 Å². The van der Waals surface area contributed by atoms with Crippen LogP contribution in [0.1, 0.15) is 23.5 Å². The molecular weight excluding hydrogens is 440 g/mol. The lowest BCUT2D eigenvalue weighted by Crippen LogP contribution is -2.33. The number of ether oxygens (including phenoxy) is 2. The molecule has 15 heteroatoms. The Morgan fingerprint density at radius 2 is 2.12 bits per heavy atom. The zero-order valence-corrected chi connectivity index (χ0v) is 17.4. The first kappa shape index (κ1) is 22.5. The number of anilines is 1. The van der Waals surface area contributed by atoms with Gasteiger partial charge in [0.15, 0.2) is 23.5 Å². The average Bonchev–Trinajstić information content (AvgIpc) is 3.51. The number of imidazole rings is 1. The second kappa shape index (κ2) is 9.07. The Labute approximate surface area is 185 Å². The maximum absolute atomic E-state index is 12.5. The minimum Gasteiger partial charge on any atom is -0.465 e. The van der Waals surface area contributed by atoms with Gasteiger partial charge in [-0.15, -0.1) is 0 Å². The van der Waals surface area contributed by atoms with Gasteiger partial charge < -0.3 is 35.8 Å². The third kappa shape index (κ3) is 4.09. The predicted octanol–water partition coefficient (Wildman–Crippen LogP) is -2.30. The molecule has 15 nitrogen and oxygen atoms in total. The number of nitrogen functional groups attached to an aromatic ring is 1. The van der Waals surface area contributed by atoms with Gasteiger partial charge in [0.25, 0.3) is 5.91 Å². The van der Waals surface area contributed by atoms with Crippen molar-refractivity contribution in [2.75, 3.05) is 25.5 Å². The molecule has 7 N–H and O–H groups in total. The van der Waals surface area contributed by atoms with Crippen LogP contribution in [0.4, 0.5) is 5.82 Å². The highest BCUT2D eigenvalue weighted by Gasteiger charge is 2.44. The Hall–Kier alpha value is -3.66. The van der Waals surface area contributed by atoms with Crippen LogP contribution >= 0.6 is 0 Å². The summed E-state index contributed by atoms with van der Waals surface area (Å²) in [4.78, 5) is 36.8. The van der Waals surface area contributed by atoms with Gasteiger partial charge in [-0.25, -0.2) is 15.0 Å². The van der Waals surface area contributed by atoms with Crippen molar-refractivity contribution in [1.82, 2.24) is 35.0 Å². The fraction of sp³-hybridized carbons (Fsp3) is 0.444. The maximum Gasteiger partial charge on any atom is 0.325 e. The standard InChI is InChI=1S/C18H22N8O7/c1-2-32-9(28)4-20-17(31)7-3-22-25-10(7)15-23-14(19)11-16(24-15)26(6-21-11)18-13(30)12(29)8(5-27)33-18/h3,6,8,12-13,18,27,29-30H,2,4-5H2,1H3,(H,20,31)(H,22,25)(H2,19,23,24)/t8-,12-,13-,18-/m1/s1. The number of aliphatic hydroxyl groups is 3. The van der Waals surface area contributed by atoms with Crippen molar-refractivity contribution in [3.8, 4) is 11.5 Å². The molecule has 0 saturated carbocycles. The number of hydrogen-bond acceptors (Lipinski definition) is 12. The zero-order chi connectivity index (χ0) is 23.7. The average molecular weight is 462 g/mol. The molecule has 0 aromatic carbocycles. The van der Waals surface area contributed by atoms with E-state index >= 15 is 0 Å². The molecule has 1 fully saturated rings. The van der Waals surface area contributed by atoms with Crippen molar-refractivity contribution < 1.29 is 34.4 Å². The molecule has 3 aromatic rings. The number of amides is 1. The van der Waals surface area contributed by atoms with E-state index in [0.29, 0.717) is 0 Å². The molecule has 1 aliphatic heterocycles. The smallest absolute Gasteiger partial charge is 0.325 e. The summed E-state index contributed by atoms with van der Waals surface area (Å²) < 4.78 is 11.7. The van der Waals surface area contributed by atoms with E-state index in [9.17, 15) is 24.9 Å². The number of aromatic amines is 1. The van der Waals surface area contributed by atoms with Gasteiger partial charge in [0.1, 0.15) is 36.1 Å². The monoisotopic (exact) mass is 462 g/mol. The highest BCUT2D eigenvalue weighted by molar-refractivity contribution is 6.00. The topological polar surface area (TPSA) is 224 Å². The molecule has 1 amide bonds. The van der Waals surface area contributed by atoms with Gasteiger partial charge in [-0.2, -0.15) is 5.10 Å². The molecule has 0 spiro atoms. The molecule has 0 bridgehead atoms. The van der Waals surface area contributed by atoms with Gasteiger partial charge in [-0.1, -0.05) is 0 Å². The minimum absolute atomic E-state index is 0.00715. The number of aromatic nitrogens is 6. The van der Waals surface area contributed by atoms with Crippen LogP contribution in [-0.2, 0) is 14.3 Å². The normalized spacial score (nSPS) is 22.5. The van der Waals surface area contributed by atoms with Gasteiger partial charge in [-0.3, -0.25) is 19.3 Å². The summed E-state index contributed by atoms with van der Waals surface area (Å²) in [6, 6.07) is 0. The third-order valence-electron chi connectivity index (χ3n) is 5.05. The molecule has 4 atom stereocenters. The molecular formula is C18H22N8O7. The molecule has 0 radical (unpaired) electrons. The predicted molar refractivity (Wildman–Crippen MR) is 109 cm³/mol. The second-order valence-corrected chi connectivity index (χ2v) is 7.13. The minimum atomic E-state index is -1.37. The molecule has 33 heavy (non-hydrogen) atoms. The Balaban J connectivity index is 1.67. The number of rotatable bonds is 7. The Morgan fingerprint density at radius 1 is 1.33 bits per heavy atom. The van der Waals surface area contributed by atoms with E-state index < -0.39 is 43.0 Å². The molecule has 3 aromatic heterocycles. The number of nitrogens with one attached hydrogen (secondary N) is 2. The zero-order valence-electron chi connectivity index (χ0n) is 17.4. The Morgan fingerprint density at radius 3 is 2.82 bits per heavy atom. The third-order valence-corrected chi connectivity index (χ3v) is 5.05. The highest BCUT2D eigenvalue weighted by Crippen LogP contribution is 2.32. The number of nitrogens with zero attached hydrogens (tertiary/aromatic N) is 5. The lowest BCUT2D eigenvalue weighted by molar-refractivity contribution is -0.141. The number of nitrogens with two attached hydrogens (primary N) is 1. The van der Waals surface area contributed by atoms with Crippen LogP contribution in [-0.4, -0.2) is 95.0 Å². The van der Waals surface area contributed by atoms with E-state index in [-0.39, 0.29) is 47.2 Å². The van der Waals surface area contributed by atoms with Crippen molar-refractivity contribution in [3.05, 3.63) is 18.1 Å². The van der Waals surface area contributed by atoms with Gasteiger partial charge in [-0.05, 0) is 6.92 Å². The molecule has 1 saturated heterocycles. The summed E-state index contributed by atoms with van der Waals surface area (Å²) in [7, 11) is 0. The van der Waals surface area contributed by atoms with Crippen molar-refractivity contribution in [2.24, 2.45) is 0 Å². The van der Waals surface area contributed by atoms with Crippen LogP contribution < -0.4 is 11.1 Å². The number of fused-ring (bicyclic) bond motifs is 1. The number of hydrogen-bond donors (Lipinski definition) is 6. The van der Waals surface area contributed by atoms with E-state index in [2.05, 4.69) is 30.5 Å². The van der Waals surface area contributed by atoms with Crippen LogP contribution in [0.2, 0.25) is 0 Å². The quantitative estimate of drug-likeness (QED) is 0.204. The summed E-state index contributed by atoms with van der Waals surface area (Å²) in [5.74, 6) is -1.24. The Kier molecular flexibility index (Phi) is 6.19. The molecule has 0 unspecified atom stereocenters. The molecule has 176 valence electrons. The first-order valence-corrected chi connectivity index (χ1v) is 9.95. The number of carbonyl (C=O) groups is 2. The van der Waals surface area contributed by atoms with Crippen molar-refractivity contribution in [2.45, 2.75) is 31.5 Å². The second-order valence-electron chi connectivity index (χ2n) is 7.13. The molecule has 1 aliphatic rings. The van der Waals surface area contributed by atoms with E-state index in [0.717, 1.165) is 0 Å². The van der Waals surface area contributed by atoms with Gasteiger partial charge in [0.2, 0.25) is 0 Å². The highest BCUT2D eigenvalue weighted by atomic mass is 16.6. The van der Waals surface area contributed by atoms with E-state index in [1.807, 2.05) is 0 Å². The lowest BCUT2D eigenvalue weighted by atomic mass is 10.1. The van der Waals surface area contributed by atoms with Crippen LogP contribution in [0, 0.1) is 0 Å². The van der Waals surface area contributed by atoms with E-state index in [1.165, 1.54) is 17.1 Å². The SMILES string of the molecule is CCOC(=O)CNC(=O)c1cn[nH]c1-c1nc(N)c2ncn([C@@H]3O[C@H](CO)[C@@H](O)[C@H]3O)c2n1. The maximum atomic E-state index is 12.5. The molecule has 4 heterocycles. The summed E-state index contributed by atoms with van der Waals surface area (Å²) in [6.07, 6.45) is -2.24. The first-order chi connectivity index (χ1) is 15.8. The van der Waals surface area contributed by atoms with Crippen molar-refractivity contribution in [1.29, 1.82) is 0 Å². The van der Waals surface area contributed by atoms with E-state index in [4.69, 9.17) is 15.2 Å². The van der Waals surface area contributed by atoms with Crippen LogP contribution in [0.5, 0.6) is 0 Å². The van der Waals surface area contributed by atoms with Crippen LogP contribution in [0.3, 0.4) is 0 Å². The van der Waals surface area contributed by atoms with E-state index in [1.54, 1.807) is 6.92 Å². The molecule has 0 aliphatic carbocycles. The largest absolute Gasteiger partial charge is 0.465 e. The van der Waals surface area contributed by atoms with Crippen LogP contribution in [0.25, 0.3) is 22.7 Å². The van der Waals surface area contributed by atoms with Crippen molar-refractivity contribution >= 4 is 28.9 Å². The summed E-state index contributed by atoms with van der Waals surface area (Å²) in [5.41, 5.74) is 6.56. The number of aliphatic hydroxyl groups excluding tert-OH is 3. The fourth-order valence-electron chi connectivity index (χ4n) is 3.43. The number of carbonyl (C=O) groups excluding carboxylic acids is 2. The van der Waals surface area contributed by atoms with Gasteiger partial charge >= 0.3 is 5.97 Å². The molecule has 4 rings (SSSR count). The van der Waals surface area contributed by atoms with Crippen molar-refractivity contribution in [3.63, 3.8) is 0 Å². The number of H-pyrrole nitrogens is 1. The lowest BCUT2D eigenvalue weighted by Gasteiger charge is -2.16. The first-order valence-electron chi connectivity index (χ1n) is 9.95. The fourth-order valence-corrected chi connectivity index (χ4v) is 3.43. The summed E-state index contributed by atoms with van der Waals surface area (Å²) in [6.45, 7) is 0.998. The van der Waals surface area contributed by atoms with Crippen LogP contribution in [0.15, 0.2) is 12.5 Å². The van der Waals surface area contributed by atoms with Gasteiger partial charge in [0.05, 0.1) is 31.3 Å². The Bertz CT molecular complexity index is 1180. The summed E-state index contributed by atoms with van der Waals surface area (Å²) in [5, 5.41) is 38.7. The summed E-state index contributed by atoms with van der Waals surface area (Å²) >= 11 is 0. The number of esters is 1.